The second-order valence-corrected chi connectivity index (χ2v) is 5.14. The van der Waals surface area contributed by atoms with Gasteiger partial charge in [0.2, 0.25) is 0 Å². The van der Waals surface area contributed by atoms with Gasteiger partial charge >= 0.3 is 0 Å². The molecule has 0 bridgehead atoms. The standard InChI is InChI=1S/C18H19N3/c1-3-6-13-9-11-14(12-10-13)17-15-7-4-5-8-16(15)18(19-2)21-20-17/h4-5,7-12H,3,6H2,1-2H3,(H,19,21). The predicted octanol–water partition coefficient (Wildman–Crippen LogP) is 4.29. The number of aromatic nitrogens is 2. The number of aryl methyl sites for hydroxylation is 1. The number of rotatable bonds is 4. The zero-order valence-electron chi connectivity index (χ0n) is 12.4. The van der Waals surface area contributed by atoms with Gasteiger partial charge in [0.1, 0.15) is 5.69 Å². The molecular formula is C18H19N3. The van der Waals surface area contributed by atoms with Crippen LogP contribution in [0.2, 0.25) is 0 Å². The number of nitrogens with zero attached hydrogens (tertiary/aromatic N) is 2. The molecule has 1 N–H and O–H groups in total. The van der Waals surface area contributed by atoms with Gasteiger partial charge in [-0.15, -0.1) is 10.2 Å². The van der Waals surface area contributed by atoms with E-state index in [1.165, 1.54) is 12.0 Å². The van der Waals surface area contributed by atoms with Crippen LogP contribution in [-0.2, 0) is 6.42 Å². The zero-order chi connectivity index (χ0) is 14.7. The largest absolute Gasteiger partial charge is 0.371 e. The SMILES string of the molecule is CCCc1ccc(-c2nnc(NC)c3ccccc23)cc1. The minimum atomic E-state index is 0.817. The van der Waals surface area contributed by atoms with E-state index < -0.39 is 0 Å². The van der Waals surface area contributed by atoms with Gasteiger partial charge in [-0.1, -0.05) is 61.9 Å². The summed E-state index contributed by atoms with van der Waals surface area (Å²) in [5.74, 6) is 0.817. The normalized spacial score (nSPS) is 10.8. The van der Waals surface area contributed by atoms with E-state index >= 15 is 0 Å². The fraction of sp³-hybridized carbons (Fsp3) is 0.222. The maximum Gasteiger partial charge on any atom is 0.156 e. The van der Waals surface area contributed by atoms with E-state index in [1.54, 1.807) is 0 Å². The lowest BCUT2D eigenvalue weighted by atomic mass is 10.0. The molecule has 0 spiro atoms. The molecule has 0 fully saturated rings. The Labute approximate surface area is 125 Å². The van der Waals surface area contributed by atoms with Crippen molar-refractivity contribution in [2.24, 2.45) is 0 Å². The van der Waals surface area contributed by atoms with Gasteiger partial charge in [0, 0.05) is 23.4 Å². The van der Waals surface area contributed by atoms with E-state index in [-0.39, 0.29) is 0 Å². The molecule has 3 nitrogen and oxygen atoms in total. The van der Waals surface area contributed by atoms with Crippen molar-refractivity contribution < 1.29 is 0 Å². The van der Waals surface area contributed by atoms with E-state index in [0.717, 1.165) is 34.3 Å². The molecule has 0 amide bonds. The first kappa shape index (κ1) is 13.6. The molecule has 21 heavy (non-hydrogen) atoms. The van der Waals surface area contributed by atoms with Crippen molar-refractivity contribution >= 4 is 16.6 Å². The number of hydrogen-bond donors (Lipinski definition) is 1. The summed E-state index contributed by atoms with van der Waals surface area (Å²) in [6.07, 6.45) is 2.28. The third kappa shape index (κ3) is 2.59. The lowest BCUT2D eigenvalue weighted by Crippen LogP contribution is -1.98. The van der Waals surface area contributed by atoms with Crippen molar-refractivity contribution in [3.8, 4) is 11.3 Å². The summed E-state index contributed by atoms with van der Waals surface area (Å²) in [4.78, 5) is 0. The third-order valence-corrected chi connectivity index (χ3v) is 3.69. The first-order valence-electron chi connectivity index (χ1n) is 7.36. The van der Waals surface area contributed by atoms with Gasteiger partial charge in [-0.2, -0.15) is 0 Å². The fourth-order valence-electron chi connectivity index (χ4n) is 2.62. The van der Waals surface area contributed by atoms with Crippen LogP contribution < -0.4 is 5.32 Å². The van der Waals surface area contributed by atoms with Gasteiger partial charge in [-0.3, -0.25) is 0 Å². The molecule has 0 atom stereocenters. The predicted molar refractivity (Wildman–Crippen MR) is 88.5 cm³/mol. The molecule has 3 rings (SSSR count). The molecular weight excluding hydrogens is 258 g/mol. The second kappa shape index (κ2) is 5.92. The molecule has 1 aromatic heterocycles. The quantitative estimate of drug-likeness (QED) is 0.773. The van der Waals surface area contributed by atoms with Crippen LogP contribution in [0.3, 0.4) is 0 Å². The van der Waals surface area contributed by atoms with Gasteiger partial charge in [0.05, 0.1) is 0 Å². The van der Waals surface area contributed by atoms with Gasteiger partial charge in [-0.25, -0.2) is 0 Å². The maximum atomic E-state index is 4.41. The highest BCUT2D eigenvalue weighted by Gasteiger charge is 2.09. The van der Waals surface area contributed by atoms with Crippen LogP contribution in [0.1, 0.15) is 18.9 Å². The Bertz CT molecular complexity index is 748. The Morgan fingerprint density at radius 1 is 0.905 bits per heavy atom. The highest BCUT2D eigenvalue weighted by molar-refractivity contribution is 5.99. The highest BCUT2D eigenvalue weighted by atomic mass is 15.2. The van der Waals surface area contributed by atoms with Crippen molar-refractivity contribution in [3.05, 3.63) is 54.1 Å². The summed E-state index contributed by atoms with van der Waals surface area (Å²) in [7, 11) is 1.87. The summed E-state index contributed by atoms with van der Waals surface area (Å²) in [6, 6.07) is 16.9. The van der Waals surface area contributed by atoms with E-state index in [0.29, 0.717) is 0 Å². The topological polar surface area (TPSA) is 37.8 Å². The van der Waals surface area contributed by atoms with Crippen LogP contribution in [0.25, 0.3) is 22.0 Å². The Hall–Kier alpha value is -2.42. The molecule has 106 valence electrons. The second-order valence-electron chi connectivity index (χ2n) is 5.14. The molecule has 0 aliphatic rings. The number of benzene rings is 2. The monoisotopic (exact) mass is 277 g/mol. The minimum Gasteiger partial charge on any atom is -0.371 e. The van der Waals surface area contributed by atoms with Crippen LogP contribution in [-0.4, -0.2) is 17.2 Å². The molecule has 3 heteroatoms. The van der Waals surface area contributed by atoms with Gasteiger partial charge < -0.3 is 5.32 Å². The number of fused-ring (bicyclic) bond motifs is 1. The summed E-state index contributed by atoms with van der Waals surface area (Å²) in [5.41, 5.74) is 3.42. The van der Waals surface area contributed by atoms with Crippen LogP contribution >= 0.6 is 0 Å². The van der Waals surface area contributed by atoms with Gasteiger partial charge in [0.25, 0.3) is 0 Å². The number of anilines is 1. The Balaban J connectivity index is 2.12. The van der Waals surface area contributed by atoms with Crippen molar-refractivity contribution in [1.29, 1.82) is 0 Å². The van der Waals surface area contributed by atoms with E-state index in [4.69, 9.17) is 0 Å². The first-order chi connectivity index (χ1) is 10.3. The van der Waals surface area contributed by atoms with Crippen LogP contribution in [0.5, 0.6) is 0 Å². The number of hydrogen-bond acceptors (Lipinski definition) is 3. The summed E-state index contributed by atoms with van der Waals surface area (Å²) >= 11 is 0. The smallest absolute Gasteiger partial charge is 0.156 e. The fourth-order valence-corrected chi connectivity index (χ4v) is 2.62. The highest BCUT2D eigenvalue weighted by Crippen LogP contribution is 2.29. The Morgan fingerprint density at radius 3 is 2.29 bits per heavy atom. The van der Waals surface area contributed by atoms with Crippen LogP contribution in [0.4, 0.5) is 5.82 Å². The van der Waals surface area contributed by atoms with Crippen molar-refractivity contribution in [2.45, 2.75) is 19.8 Å². The molecule has 0 aliphatic heterocycles. The molecule has 2 aromatic carbocycles. The van der Waals surface area contributed by atoms with Crippen molar-refractivity contribution in [1.82, 2.24) is 10.2 Å². The van der Waals surface area contributed by atoms with Gasteiger partial charge in [-0.05, 0) is 12.0 Å². The molecule has 0 aliphatic carbocycles. The van der Waals surface area contributed by atoms with E-state index in [1.807, 2.05) is 19.2 Å². The zero-order valence-corrected chi connectivity index (χ0v) is 12.4. The summed E-state index contributed by atoms with van der Waals surface area (Å²) in [5, 5.41) is 14.0. The van der Waals surface area contributed by atoms with Crippen molar-refractivity contribution in [2.75, 3.05) is 12.4 Å². The summed E-state index contributed by atoms with van der Waals surface area (Å²) < 4.78 is 0. The van der Waals surface area contributed by atoms with Crippen molar-refractivity contribution in [3.63, 3.8) is 0 Å². The Morgan fingerprint density at radius 2 is 1.62 bits per heavy atom. The van der Waals surface area contributed by atoms with Crippen LogP contribution in [0.15, 0.2) is 48.5 Å². The summed E-state index contributed by atoms with van der Waals surface area (Å²) in [6.45, 7) is 2.20. The molecule has 1 heterocycles. The average Bonchev–Trinajstić information content (AvgIpc) is 2.55. The molecule has 0 unspecified atom stereocenters. The lowest BCUT2D eigenvalue weighted by molar-refractivity contribution is 0.922. The van der Waals surface area contributed by atoms with E-state index in [9.17, 15) is 0 Å². The third-order valence-electron chi connectivity index (χ3n) is 3.69. The van der Waals surface area contributed by atoms with Crippen LogP contribution in [0, 0.1) is 0 Å². The average molecular weight is 277 g/mol. The Kier molecular flexibility index (Phi) is 3.82. The number of nitrogens with one attached hydrogen (secondary N) is 1. The molecule has 0 saturated carbocycles. The maximum absolute atomic E-state index is 4.41. The lowest BCUT2D eigenvalue weighted by Gasteiger charge is -2.09. The molecule has 0 radical (unpaired) electrons. The minimum absolute atomic E-state index is 0.817. The molecule has 0 saturated heterocycles. The first-order valence-corrected chi connectivity index (χ1v) is 7.36. The van der Waals surface area contributed by atoms with Gasteiger partial charge in [0.15, 0.2) is 5.82 Å². The van der Waals surface area contributed by atoms with E-state index in [2.05, 4.69) is 58.8 Å². The molecule has 3 aromatic rings.